The van der Waals surface area contributed by atoms with Gasteiger partial charge in [-0.05, 0) is 6.42 Å². The van der Waals surface area contributed by atoms with Crippen molar-refractivity contribution in [2.45, 2.75) is 26.3 Å². The summed E-state index contributed by atoms with van der Waals surface area (Å²) < 4.78 is 4.49. The van der Waals surface area contributed by atoms with Crippen LogP contribution in [0.2, 0.25) is 0 Å². The van der Waals surface area contributed by atoms with Crippen LogP contribution in [-0.2, 0) is 14.3 Å². The molecule has 0 bridgehead atoms. The van der Waals surface area contributed by atoms with Gasteiger partial charge in [-0.3, -0.25) is 9.59 Å². The third-order valence-electron chi connectivity index (χ3n) is 3.11. The monoisotopic (exact) mass is 272 g/mol. The van der Waals surface area contributed by atoms with Crippen LogP contribution in [0.4, 0.5) is 4.79 Å². The van der Waals surface area contributed by atoms with Crippen LogP contribution in [0.5, 0.6) is 0 Å². The van der Waals surface area contributed by atoms with Gasteiger partial charge in [-0.2, -0.15) is 0 Å². The lowest BCUT2D eigenvalue weighted by Crippen LogP contribution is -2.54. The number of likely N-dealkylation sites (tertiary alicyclic amines) is 1. The van der Waals surface area contributed by atoms with Crippen molar-refractivity contribution in [3.05, 3.63) is 0 Å². The molecule has 7 heteroatoms. The molecule has 108 valence electrons. The first kappa shape index (κ1) is 15.3. The molecule has 1 rings (SSSR count). The molecule has 7 nitrogen and oxygen atoms in total. The second kappa shape index (κ2) is 6.40. The number of carbonyl (C=O) groups is 3. The summed E-state index contributed by atoms with van der Waals surface area (Å²) in [5.41, 5.74) is 0. The smallest absolute Gasteiger partial charge is 0.407 e. The highest BCUT2D eigenvalue weighted by Crippen LogP contribution is 2.19. The molecule has 0 spiro atoms. The number of ether oxygens (including phenoxy) is 1. The number of nitrogens with zero attached hydrogens (tertiary/aromatic N) is 1. The van der Waals surface area contributed by atoms with Crippen molar-refractivity contribution in [2.24, 2.45) is 11.8 Å². The van der Waals surface area contributed by atoms with Crippen molar-refractivity contribution in [2.75, 3.05) is 20.2 Å². The van der Waals surface area contributed by atoms with Gasteiger partial charge in [0.2, 0.25) is 5.91 Å². The van der Waals surface area contributed by atoms with Crippen LogP contribution < -0.4 is 5.32 Å². The number of carboxylic acid groups (broad SMARTS) is 1. The number of nitrogens with one attached hydrogen (secondary N) is 1. The minimum absolute atomic E-state index is 0.109. The fraction of sp³-hybridized carbons (Fsp3) is 0.750. The SMILES string of the molecule is COC(=O)NC1CC(C(=O)O)CN(C(=O)C(C)C)C1. The molecular formula is C12H20N2O5. The number of amides is 2. The topological polar surface area (TPSA) is 95.9 Å². The molecule has 2 amide bonds. The summed E-state index contributed by atoms with van der Waals surface area (Å²) in [6, 6.07) is -0.398. The predicted molar refractivity (Wildman–Crippen MR) is 66.5 cm³/mol. The van der Waals surface area contributed by atoms with Crippen LogP contribution in [0.1, 0.15) is 20.3 Å². The summed E-state index contributed by atoms with van der Waals surface area (Å²) in [6.07, 6.45) is -0.320. The highest BCUT2D eigenvalue weighted by atomic mass is 16.5. The minimum atomic E-state index is -0.960. The fourth-order valence-corrected chi connectivity index (χ4v) is 2.15. The van der Waals surface area contributed by atoms with Crippen molar-refractivity contribution < 1.29 is 24.2 Å². The molecule has 1 aliphatic heterocycles. The maximum atomic E-state index is 12.0. The largest absolute Gasteiger partial charge is 0.481 e. The lowest BCUT2D eigenvalue weighted by atomic mass is 9.93. The summed E-state index contributed by atoms with van der Waals surface area (Å²) in [6.45, 7) is 4.02. The molecule has 0 aromatic carbocycles. The Morgan fingerprint density at radius 1 is 1.32 bits per heavy atom. The molecule has 1 saturated heterocycles. The van der Waals surface area contributed by atoms with Crippen molar-refractivity contribution in [1.82, 2.24) is 10.2 Å². The van der Waals surface area contributed by atoms with Gasteiger partial charge in [0.1, 0.15) is 0 Å². The molecule has 19 heavy (non-hydrogen) atoms. The summed E-state index contributed by atoms with van der Waals surface area (Å²) in [5.74, 6) is -1.94. The molecule has 2 unspecified atom stereocenters. The van der Waals surface area contributed by atoms with E-state index >= 15 is 0 Å². The molecule has 0 saturated carbocycles. The van der Waals surface area contributed by atoms with Crippen LogP contribution in [0.15, 0.2) is 0 Å². The second-order valence-electron chi connectivity index (χ2n) is 5.00. The number of rotatable bonds is 3. The Balaban J connectivity index is 2.76. The van der Waals surface area contributed by atoms with E-state index in [1.165, 1.54) is 12.0 Å². The quantitative estimate of drug-likeness (QED) is 0.770. The Hall–Kier alpha value is -1.79. The van der Waals surface area contributed by atoms with E-state index in [1.54, 1.807) is 13.8 Å². The van der Waals surface area contributed by atoms with Gasteiger partial charge in [0.25, 0.3) is 0 Å². The molecule has 1 aliphatic rings. The molecule has 1 fully saturated rings. The summed E-state index contributed by atoms with van der Waals surface area (Å²) in [5, 5.41) is 11.7. The summed E-state index contributed by atoms with van der Waals surface area (Å²) in [7, 11) is 1.24. The van der Waals surface area contributed by atoms with E-state index in [2.05, 4.69) is 10.1 Å². The minimum Gasteiger partial charge on any atom is -0.481 e. The molecule has 0 radical (unpaired) electrons. The molecule has 0 aromatic heterocycles. The average molecular weight is 272 g/mol. The van der Waals surface area contributed by atoms with E-state index in [1.807, 2.05) is 0 Å². The zero-order valence-corrected chi connectivity index (χ0v) is 11.4. The number of hydrogen-bond acceptors (Lipinski definition) is 4. The Kier molecular flexibility index (Phi) is 5.14. The van der Waals surface area contributed by atoms with Crippen LogP contribution in [0.3, 0.4) is 0 Å². The first-order chi connectivity index (χ1) is 8.85. The normalized spacial score (nSPS) is 23.1. The second-order valence-corrected chi connectivity index (χ2v) is 5.00. The zero-order valence-electron chi connectivity index (χ0n) is 11.4. The number of carbonyl (C=O) groups excluding carboxylic acids is 2. The number of hydrogen-bond donors (Lipinski definition) is 2. The molecule has 0 aromatic rings. The predicted octanol–water partition coefficient (Wildman–Crippen LogP) is 0.300. The van der Waals surface area contributed by atoms with Gasteiger partial charge >= 0.3 is 12.1 Å². The van der Waals surface area contributed by atoms with Crippen LogP contribution in [-0.4, -0.2) is 54.2 Å². The van der Waals surface area contributed by atoms with Crippen LogP contribution in [0.25, 0.3) is 0 Å². The van der Waals surface area contributed by atoms with Crippen molar-refractivity contribution in [1.29, 1.82) is 0 Å². The highest BCUT2D eigenvalue weighted by Gasteiger charge is 2.35. The third kappa shape index (κ3) is 4.11. The first-order valence-corrected chi connectivity index (χ1v) is 6.21. The first-order valence-electron chi connectivity index (χ1n) is 6.21. The van der Waals surface area contributed by atoms with E-state index < -0.39 is 24.0 Å². The molecule has 1 heterocycles. The summed E-state index contributed by atoms with van der Waals surface area (Å²) in [4.78, 5) is 35.7. The van der Waals surface area contributed by atoms with E-state index in [-0.39, 0.29) is 18.4 Å². The fourth-order valence-electron chi connectivity index (χ4n) is 2.15. The van der Waals surface area contributed by atoms with Crippen molar-refractivity contribution >= 4 is 18.0 Å². The van der Waals surface area contributed by atoms with Crippen LogP contribution >= 0.6 is 0 Å². The number of aliphatic carboxylic acids is 1. The third-order valence-corrected chi connectivity index (χ3v) is 3.11. The summed E-state index contributed by atoms with van der Waals surface area (Å²) >= 11 is 0. The van der Waals surface area contributed by atoms with Crippen molar-refractivity contribution in [3.63, 3.8) is 0 Å². The zero-order chi connectivity index (χ0) is 14.6. The number of alkyl carbamates (subject to hydrolysis) is 1. The van der Waals surface area contributed by atoms with E-state index in [9.17, 15) is 14.4 Å². The Morgan fingerprint density at radius 3 is 2.42 bits per heavy atom. The molecule has 0 aliphatic carbocycles. The Labute approximate surface area is 111 Å². The molecule has 2 N–H and O–H groups in total. The van der Waals surface area contributed by atoms with Gasteiger partial charge in [0, 0.05) is 19.0 Å². The van der Waals surface area contributed by atoms with Gasteiger partial charge in [-0.25, -0.2) is 4.79 Å². The number of methoxy groups -OCH3 is 1. The van der Waals surface area contributed by atoms with E-state index in [0.717, 1.165) is 0 Å². The van der Waals surface area contributed by atoms with Gasteiger partial charge in [0.15, 0.2) is 0 Å². The number of carboxylic acids is 1. The van der Waals surface area contributed by atoms with Crippen molar-refractivity contribution in [3.8, 4) is 0 Å². The van der Waals surface area contributed by atoms with E-state index in [0.29, 0.717) is 13.0 Å². The average Bonchev–Trinajstić information content (AvgIpc) is 2.36. The maximum absolute atomic E-state index is 12.0. The van der Waals surface area contributed by atoms with Gasteiger partial charge in [-0.1, -0.05) is 13.8 Å². The maximum Gasteiger partial charge on any atom is 0.407 e. The Bertz CT molecular complexity index is 369. The van der Waals surface area contributed by atoms with Gasteiger partial charge in [0.05, 0.1) is 19.1 Å². The Morgan fingerprint density at radius 2 is 1.95 bits per heavy atom. The van der Waals surface area contributed by atoms with Crippen LogP contribution in [0, 0.1) is 11.8 Å². The van der Waals surface area contributed by atoms with E-state index in [4.69, 9.17) is 5.11 Å². The van der Waals surface area contributed by atoms with Gasteiger partial charge in [-0.15, -0.1) is 0 Å². The molecule has 2 atom stereocenters. The molecular weight excluding hydrogens is 252 g/mol. The highest BCUT2D eigenvalue weighted by molar-refractivity contribution is 5.80. The van der Waals surface area contributed by atoms with Gasteiger partial charge < -0.3 is 20.1 Å². The lowest BCUT2D eigenvalue weighted by molar-refractivity contribution is -0.147. The standard InChI is InChI=1S/C12H20N2O5/c1-7(2)10(15)14-5-8(11(16)17)4-9(6-14)13-12(18)19-3/h7-9H,4-6H2,1-3H3,(H,13,18)(H,16,17). The lowest BCUT2D eigenvalue weighted by Gasteiger charge is -2.37. The number of piperidine rings is 1.